The highest BCUT2D eigenvalue weighted by atomic mass is 32.1. The van der Waals surface area contributed by atoms with Crippen LogP contribution in [0.25, 0.3) is 0 Å². The summed E-state index contributed by atoms with van der Waals surface area (Å²) in [5, 5.41) is 0.894. The van der Waals surface area contributed by atoms with Crippen molar-refractivity contribution in [3.63, 3.8) is 0 Å². The fourth-order valence-electron chi connectivity index (χ4n) is 3.19. The summed E-state index contributed by atoms with van der Waals surface area (Å²) in [5.74, 6) is -1.16. The van der Waals surface area contributed by atoms with Gasteiger partial charge in [-0.15, -0.1) is 0 Å². The van der Waals surface area contributed by atoms with Crippen molar-refractivity contribution in [3.8, 4) is 5.75 Å². The van der Waals surface area contributed by atoms with Crippen LogP contribution < -0.4 is 9.64 Å². The Labute approximate surface area is 148 Å². The van der Waals surface area contributed by atoms with Crippen LogP contribution in [0, 0.1) is 11.6 Å². The summed E-state index contributed by atoms with van der Waals surface area (Å²) in [6.07, 6.45) is 0.279. The molecule has 8 heteroatoms. The Kier molecular flexibility index (Phi) is 4.58. The minimum atomic E-state index is -0.668. The van der Waals surface area contributed by atoms with Crippen LogP contribution in [-0.2, 0) is 22.5 Å². The predicted octanol–water partition coefficient (Wildman–Crippen LogP) is 3.08. The third-order valence-electron chi connectivity index (χ3n) is 4.42. The SMILES string of the molecule is COc1cc(F)cc(F)c1C1CN(c2nc3c(s2)COCC3)CCO1. The second kappa shape index (κ2) is 6.86. The lowest BCUT2D eigenvalue weighted by atomic mass is 10.1. The monoisotopic (exact) mass is 368 g/mol. The van der Waals surface area contributed by atoms with Crippen molar-refractivity contribution in [3.05, 3.63) is 39.9 Å². The number of ether oxygens (including phenoxy) is 3. The number of rotatable bonds is 3. The van der Waals surface area contributed by atoms with Gasteiger partial charge in [-0.05, 0) is 0 Å². The van der Waals surface area contributed by atoms with Gasteiger partial charge in [-0.2, -0.15) is 0 Å². The first-order valence-electron chi connectivity index (χ1n) is 8.11. The van der Waals surface area contributed by atoms with E-state index >= 15 is 0 Å². The molecule has 0 spiro atoms. The van der Waals surface area contributed by atoms with Crippen LogP contribution in [0.15, 0.2) is 12.1 Å². The molecule has 1 saturated heterocycles. The van der Waals surface area contributed by atoms with Crippen LogP contribution in [-0.4, -0.2) is 38.4 Å². The molecule has 0 saturated carbocycles. The van der Waals surface area contributed by atoms with Crippen LogP contribution in [0.4, 0.5) is 13.9 Å². The molecule has 1 fully saturated rings. The number of fused-ring (bicyclic) bond motifs is 1. The number of hydrogen-bond donors (Lipinski definition) is 0. The summed E-state index contributed by atoms with van der Waals surface area (Å²) < 4.78 is 44.2. The van der Waals surface area contributed by atoms with E-state index in [0.29, 0.717) is 32.9 Å². The molecule has 4 rings (SSSR count). The highest BCUT2D eigenvalue weighted by Gasteiger charge is 2.30. The van der Waals surface area contributed by atoms with Crippen molar-refractivity contribution in [1.29, 1.82) is 0 Å². The summed E-state index contributed by atoms with van der Waals surface area (Å²) in [7, 11) is 1.40. The number of halogens is 2. The molecule has 2 aliphatic rings. The van der Waals surface area contributed by atoms with Gasteiger partial charge >= 0.3 is 0 Å². The molecule has 0 amide bonds. The molecule has 0 N–H and O–H groups in total. The van der Waals surface area contributed by atoms with Gasteiger partial charge in [0, 0.05) is 25.1 Å². The van der Waals surface area contributed by atoms with E-state index in [-0.39, 0.29) is 11.3 Å². The summed E-state index contributed by atoms with van der Waals surface area (Å²) in [6.45, 7) is 2.84. The third kappa shape index (κ3) is 3.21. The first-order valence-corrected chi connectivity index (χ1v) is 8.93. The molecule has 2 aliphatic heterocycles. The maximum atomic E-state index is 14.3. The minimum Gasteiger partial charge on any atom is -0.496 e. The van der Waals surface area contributed by atoms with Crippen LogP contribution in [0.1, 0.15) is 22.2 Å². The van der Waals surface area contributed by atoms with Crippen LogP contribution >= 0.6 is 11.3 Å². The number of methoxy groups -OCH3 is 1. The van der Waals surface area contributed by atoms with Crippen LogP contribution in [0.3, 0.4) is 0 Å². The Morgan fingerprint density at radius 1 is 1.32 bits per heavy atom. The van der Waals surface area contributed by atoms with E-state index in [1.165, 1.54) is 13.2 Å². The van der Waals surface area contributed by atoms with E-state index in [1.54, 1.807) is 11.3 Å². The lowest BCUT2D eigenvalue weighted by Gasteiger charge is -2.33. The van der Waals surface area contributed by atoms with Gasteiger partial charge in [0.1, 0.15) is 23.5 Å². The summed E-state index contributed by atoms with van der Waals surface area (Å²) >= 11 is 1.60. The average Bonchev–Trinajstić information content (AvgIpc) is 3.05. The lowest BCUT2D eigenvalue weighted by molar-refractivity contribution is 0.0358. The van der Waals surface area contributed by atoms with E-state index < -0.39 is 17.7 Å². The lowest BCUT2D eigenvalue weighted by Crippen LogP contribution is -2.38. The minimum absolute atomic E-state index is 0.163. The topological polar surface area (TPSA) is 43.8 Å². The molecular formula is C17H18F2N2O3S. The van der Waals surface area contributed by atoms with Crippen molar-refractivity contribution in [2.24, 2.45) is 0 Å². The molecule has 134 valence electrons. The largest absolute Gasteiger partial charge is 0.496 e. The Morgan fingerprint density at radius 2 is 2.20 bits per heavy atom. The molecular weight excluding hydrogens is 350 g/mol. The zero-order valence-corrected chi connectivity index (χ0v) is 14.6. The molecule has 1 atom stereocenters. The Bertz CT molecular complexity index is 760. The molecule has 25 heavy (non-hydrogen) atoms. The highest BCUT2D eigenvalue weighted by molar-refractivity contribution is 7.15. The maximum Gasteiger partial charge on any atom is 0.186 e. The number of nitrogens with zero attached hydrogens (tertiary/aromatic N) is 2. The standard InChI is InChI=1S/C17H18F2N2O3S/c1-22-13-7-10(18)6-11(19)16(13)14-8-21(3-5-24-14)17-20-12-2-4-23-9-15(12)25-17/h6-7,14H,2-5,8-9H2,1H3. The number of anilines is 1. The van der Waals surface area contributed by atoms with Gasteiger partial charge in [-0.1, -0.05) is 11.3 Å². The van der Waals surface area contributed by atoms with E-state index in [1.807, 2.05) is 0 Å². The first-order chi connectivity index (χ1) is 12.2. The van der Waals surface area contributed by atoms with Crippen molar-refractivity contribution < 1.29 is 23.0 Å². The molecule has 0 aliphatic carbocycles. The van der Waals surface area contributed by atoms with Gasteiger partial charge in [-0.3, -0.25) is 0 Å². The van der Waals surface area contributed by atoms with E-state index in [2.05, 4.69) is 4.90 Å². The van der Waals surface area contributed by atoms with Crippen molar-refractivity contribution in [2.45, 2.75) is 19.1 Å². The maximum absolute atomic E-state index is 14.3. The van der Waals surface area contributed by atoms with Gasteiger partial charge in [0.2, 0.25) is 0 Å². The number of thiazole rings is 1. The fourth-order valence-corrected chi connectivity index (χ4v) is 4.27. The van der Waals surface area contributed by atoms with Gasteiger partial charge in [0.25, 0.3) is 0 Å². The Morgan fingerprint density at radius 3 is 3.00 bits per heavy atom. The molecule has 5 nitrogen and oxygen atoms in total. The summed E-state index contributed by atoms with van der Waals surface area (Å²) in [4.78, 5) is 7.94. The normalized spacial score (nSPS) is 20.4. The number of benzene rings is 1. The number of aromatic nitrogens is 1. The van der Waals surface area contributed by atoms with Crippen molar-refractivity contribution in [2.75, 3.05) is 38.3 Å². The smallest absolute Gasteiger partial charge is 0.186 e. The van der Waals surface area contributed by atoms with Gasteiger partial charge < -0.3 is 19.1 Å². The average molecular weight is 368 g/mol. The predicted molar refractivity (Wildman–Crippen MR) is 89.3 cm³/mol. The number of hydrogen-bond acceptors (Lipinski definition) is 6. The molecule has 0 radical (unpaired) electrons. The summed E-state index contributed by atoms with van der Waals surface area (Å²) in [5.41, 5.74) is 1.33. The molecule has 2 aromatic rings. The Hall–Kier alpha value is -1.77. The second-order valence-electron chi connectivity index (χ2n) is 5.98. The van der Waals surface area contributed by atoms with E-state index in [0.717, 1.165) is 28.2 Å². The Balaban J connectivity index is 1.60. The van der Waals surface area contributed by atoms with E-state index in [4.69, 9.17) is 19.2 Å². The van der Waals surface area contributed by atoms with Gasteiger partial charge in [0.15, 0.2) is 5.13 Å². The second-order valence-corrected chi connectivity index (χ2v) is 7.04. The van der Waals surface area contributed by atoms with Gasteiger partial charge in [-0.25, -0.2) is 13.8 Å². The van der Waals surface area contributed by atoms with Crippen LogP contribution in [0.2, 0.25) is 0 Å². The van der Waals surface area contributed by atoms with Crippen molar-refractivity contribution >= 4 is 16.5 Å². The molecule has 1 aromatic carbocycles. The third-order valence-corrected chi connectivity index (χ3v) is 5.55. The fraction of sp³-hybridized carbons (Fsp3) is 0.471. The van der Waals surface area contributed by atoms with Crippen LogP contribution in [0.5, 0.6) is 5.75 Å². The van der Waals surface area contributed by atoms with Crippen molar-refractivity contribution in [1.82, 2.24) is 4.98 Å². The molecule has 1 aromatic heterocycles. The zero-order chi connectivity index (χ0) is 17.4. The first kappa shape index (κ1) is 16.7. The van der Waals surface area contributed by atoms with E-state index in [9.17, 15) is 8.78 Å². The van der Waals surface area contributed by atoms with Gasteiger partial charge in [0.05, 0.1) is 49.6 Å². The molecule has 3 heterocycles. The number of morpholine rings is 1. The zero-order valence-electron chi connectivity index (χ0n) is 13.8. The molecule has 0 bridgehead atoms. The summed E-state index contributed by atoms with van der Waals surface area (Å²) in [6, 6.07) is 2.04. The molecule has 1 unspecified atom stereocenters. The quantitative estimate of drug-likeness (QED) is 0.833. The highest BCUT2D eigenvalue weighted by Crippen LogP contribution is 2.36.